The van der Waals surface area contributed by atoms with Gasteiger partial charge in [-0.05, 0) is 0 Å². The van der Waals surface area contributed by atoms with E-state index < -0.39 is 10.2 Å². The van der Waals surface area contributed by atoms with Crippen LogP contribution in [-0.2, 0) is 4.79 Å². The number of halogens is 1. The molecule has 4 heteroatoms. The zero-order chi connectivity index (χ0) is 18.5. The Labute approximate surface area is 167 Å². The summed E-state index contributed by atoms with van der Waals surface area (Å²) in [5, 5.41) is 13.1. The fourth-order valence-electron chi connectivity index (χ4n) is 3.58. The topological polar surface area (TPSA) is 37.3 Å². The van der Waals surface area contributed by atoms with Gasteiger partial charge in [-0.25, -0.2) is 0 Å². The van der Waals surface area contributed by atoms with Crippen molar-refractivity contribution in [2.45, 2.75) is 12.8 Å². The van der Waals surface area contributed by atoms with Gasteiger partial charge < -0.3 is 0 Å². The van der Waals surface area contributed by atoms with Gasteiger partial charge in [-0.3, -0.25) is 0 Å². The van der Waals surface area contributed by atoms with Crippen LogP contribution < -0.4 is 15.9 Å². The quantitative estimate of drug-likeness (QED) is 0.396. The Hall–Kier alpha value is -1.71. The van der Waals surface area contributed by atoms with Gasteiger partial charge in [0.15, 0.2) is 0 Å². The van der Waals surface area contributed by atoms with E-state index >= 15 is 0 Å². The molecule has 3 aromatic rings. The molecule has 0 aliphatic carbocycles. The normalized spacial score (nSPS) is 12.9. The van der Waals surface area contributed by atoms with E-state index in [2.05, 4.69) is 94.8 Å². The molecule has 0 aliphatic rings. The van der Waals surface area contributed by atoms with Gasteiger partial charge in [-0.1, -0.05) is 0 Å². The van der Waals surface area contributed by atoms with Gasteiger partial charge >= 0.3 is 168 Å². The zero-order valence-electron chi connectivity index (χ0n) is 14.5. The van der Waals surface area contributed by atoms with Crippen LogP contribution in [0.15, 0.2) is 91.0 Å². The molecule has 0 atom stereocenters. The maximum atomic E-state index is 11.2. The molecule has 134 valence electrons. The molecule has 0 fully saturated rings. The molecule has 0 saturated heterocycles. The summed E-state index contributed by atoms with van der Waals surface area (Å²) in [5.74, 6) is -0.736. The molecule has 0 aliphatic heterocycles. The summed E-state index contributed by atoms with van der Waals surface area (Å²) in [4.78, 5) is 11.2. The van der Waals surface area contributed by atoms with Crippen molar-refractivity contribution in [3.05, 3.63) is 91.0 Å². The average Bonchev–Trinajstić information content (AvgIpc) is 2.70. The molecule has 3 rings (SSSR count). The monoisotopic (exact) mass is 476 g/mol. The Balaban J connectivity index is 2.29. The Morgan fingerprint density at radius 2 is 1.08 bits per heavy atom. The Morgan fingerprint density at radius 3 is 1.38 bits per heavy atom. The van der Waals surface area contributed by atoms with E-state index in [4.69, 9.17) is 0 Å². The molecule has 0 amide bonds. The van der Waals surface area contributed by atoms with E-state index in [0.29, 0.717) is 6.42 Å². The van der Waals surface area contributed by atoms with E-state index in [0.717, 1.165) is 6.16 Å². The zero-order valence-corrected chi connectivity index (χ0v) is 17.5. The molecule has 0 unspecified atom stereocenters. The van der Waals surface area contributed by atoms with Crippen molar-refractivity contribution in [3.8, 4) is 0 Å². The molecule has 0 heterocycles. The molecule has 3 aromatic carbocycles. The minimum atomic E-state index is -2.79. The van der Waals surface area contributed by atoms with Gasteiger partial charge in [0, 0.05) is 0 Å². The van der Waals surface area contributed by atoms with Crippen LogP contribution in [0.2, 0.25) is 0 Å². The van der Waals surface area contributed by atoms with Crippen LogP contribution in [0.1, 0.15) is 12.8 Å². The summed E-state index contributed by atoms with van der Waals surface area (Å²) in [7, 11) is 0. The Kier molecular flexibility index (Phi) is 5.79. The summed E-state index contributed by atoms with van der Waals surface area (Å²) >= 11 is 2.69. The molecular formula is C22H22IO2P. The van der Waals surface area contributed by atoms with Crippen molar-refractivity contribution in [1.82, 2.24) is 0 Å². The van der Waals surface area contributed by atoms with Crippen LogP contribution in [-0.4, -0.2) is 17.2 Å². The van der Waals surface area contributed by atoms with Gasteiger partial charge in [0.1, 0.15) is 0 Å². The summed E-state index contributed by atoms with van der Waals surface area (Å²) in [6.07, 6.45) is 1.67. The van der Waals surface area contributed by atoms with Crippen LogP contribution in [0.25, 0.3) is 0 Å². The van der Waals surface area contributed by atoms with Gasteiger partial charge in [0.2, 0.25) is 0 Å². The van der Waals surface area contributed by atoms with Crippen LogP contribution in [0, 0.1) is 0 Å². The van der Waals surface area contributed by atoms with Crippen molar-refractivity contribution >= 4 is 48.2 Å². The predicted octanol–water partition coefficient (Wildman–Crippen LogP) is 4.73. The number of benzene rings is 3. The fourth-order valence-corrected chi connectivity index (χ4v) is 12.3. The van der Waals surface area contributed by atoms with Crippen molar-refractivity contribution in [2.75, 3.05) is 6.16 Å². The summed E-state index contributed by atoms with van der Waals surface area (Å²) in [5.41, 5.74) is 0. The first-order valence-electron chi connectivity index (χ1n) is 8.67. The van der Waals surface area contributed by atoms with Crippen LogP contribution in [0.5, 0.6) is 0 Å². The fraction of sp³-hybridized carbons (Fsp3) is 0.136. The molecule has 26 heavy (non-hydrogen) atoms. The third-order valence-electron chi connectivity index (χ3n) is 4.85. The molecule has 0 radical (unpaired) electrons. The molecule has 0 bridgehead atoms. The minimum absolute atomic E-state index is 0.188. The van der Waals surface area contributed by atoms with Crippen LogP contribution >= 0.6 is 26.3 Å². The van der Waals surface area contributed by atoms with Crippen molar-refractivity contribution in [2.24, 2.45) is 0 Å². The maximum absolute atomic E-state index is 11.2. The second kappa shape index (κ2) is 7.89. The van der Waals surface area contributed by atoms with Crippen molar-refractivity contribution in [3.63, 3.8) is 0 Å². The number of carboxylic acids is 1. The number of carboxylic acid groups (broad SMARTS) is 1. The first-order valence-corrected chi connectivity index (χ1v) is 13.9. The molecular weight excluding hydrogens is 454 g/mol. The molecule has 2 nitrogen and oxygen atoms in total. The Morgan fingerprint density at radius 1 is 0.731 bits per heavy atom. The first-order chi connectivity index (χ1) is 12.6. The van der Waals surface area contributed by atoms with Crippen LogP contribution in [0.4, 0.5) is 0 Å². The van der Waals surface area contributed by atoms with Gasteiger partial charge in [-0.2, -0.15) is 0 Å². The molecule has 0 aromatic heterocycles. The molecule has 1 N–H and O–H groups in total. The molecule has 0 spiro atoms. The predicted molar refractivity (Wildman–Crippen MR) is 121 cm³/mol. The Bertz CT molecular complexity index is 767. The molecule has 0 saturated carbocycles. The number of hydrogen-bond donors (Lipinski definition) is 1. The van der Waals surface area contributed by atoms with E-state index in [1.54, 1.807) is 0 Å². The first kappa shape index (κ1) is 19.1. The van der Waals surface area contributed by atoms with Crippen molar-refractivity contribution < 1.29 is 9.90 Å². The number of carbonyl (C=O) groups is 1. The SMILES string of the molecule is O=C(O)CCCP(I)(c1ccccc1)(c1ccccc1)c1ccccc1. The summed E-state index contributed by atoms with van der Waals surface area (Å²) in [6.45, 7) is 0. The standard InChI is InChI=1S/C22H22IO2P/c23-26(18-10-17-22(24)25,19-11-4-1-5-12-19,20-13-6-2-7-14-20)21-15-8-3-9-16-21/h1-9,11-16H,10,17-18H2,(H,24,25). The average molecular weight is 476 g/mol. The van der Waals surface area contributed by atoms with Crippen molar-refractivity contribution in [1.29, 1.82) is 0 Å². The van der Waals surface area contributed by atoms with E-state index in [1.165, 1.54) is 15.9 Å². The third kappa shape index (κ3) is 3.43. The van der Waals surface area contributed by atoms with E-state index in [1.807, 2.05) is 18.2 Å². The number of aliphatic carboxylic acids is 1. The van der Waals surface area contributed by atoms with Gasteiger partial charge in [-0.15, -0.1) is 0 Å². The second-order valence-electron chi connectivity index (χ2n) is 6.41. The summed E-state index contributed by atoms with van der Waals surface area (Å²) in [6, 6.07) is 31.8. The third-order valence-corrected chi connectivity index (χ3v) is 16.6. The number of hydrogen-bond acceptors (Lipinski definition) is 1. The van der Waals surface area contributed by atoms with E-state index in [9.17, 15) is 9.90 Å². The van der Waals surface area contributed by atoms with Crippen LogP contribution in [0.3, 0.4) is 0 Å². The van der Waals surface area contributed by atoms with Gasteiger partial charge in [0.25, 0.3) is 0 Å². The second-order valence-corrected chi connectivity index (χ2v) is 17.2. The number of rotatable bonds is 7. The van der Waals surface area contributed by atoms with E-state index in [-0.39, 0.29) is 6.42 Å². The summed E-state index contributed by atoms with van der Waals surface area (Å²) < 4.78 is -2.79. The van der Waals surface area contributed by atoms with Gasteiger partial charge in [0.05, 0.1) is 0 Å².